The van der Waals surface area contributed by atoms with Gasteiger partial charge in [-0.1, -0.05) is 18.2 Å². The molecule has 1 heterocycles. The van der Waals surface area contributed by atoms with Crippen LogP contribution >= 0.6 is 11.8 Å². The van der Waals surface area contributed by atoms with Crippen LogP contribution in [0.15, 0.2) is 24.3 Å². The van der Waals surface area contributed by atoms with E-state index < -0.39 is 0 Å². The number of nitrogens with one attached hydrogen (secondary N) is 1. The van der Waals surface area contributed by atoms with E-state index in [1.165, 1.54) is 17.9 Å². The minimum atomic E-state index is -0.0756. The number of thioether (sulfide) groups is 1. The lowest BCUT2D eigenvalue weighted by molar-refractivity contribution is 0.399. The van der Waals surface area contributed by atoms with Crippen LogP contribution in [-0.4, -0.2) is 24.6 Å². The van der Waals surface area contributed by atoms with Gasteiger partial charge in [0.2, 0.25) is 0 Å². The van der Waals surface area contributed by atoms with Crippen molar-refractivity contribution >= 4 is 11.8 Å². The molecule has 1 aliphatic heterocycles. The van der Waals surface area contributed by atoms with E-state index in [0.717, 1.165) is 12.0 Å². The Morgan fingerprint density at radius 2 is 2.31 bits per heavy atom. The SMILES string of the molecule is CNC(Cc1ccccc1F)C1CCSC1. The van der Waals surface area contributed by atoms with Gasteiger partial charge < -0.3 is 5.32 Å². The predicted octanol–water partition coefficient (Wildman–Crippen LogP) is 2.71. The van der Waals surface area contributed by atoms with E-state index in [9.17, 15) is 4.39 Å². The molecule has 1 aromatic rings. The molecule has 1 nitrogen and oxygen atoms in total. The molecule has 16 heavy (non-hydrogen) atoms. The molecule has 0 aliphatic carbocycles. The van der Waals surface area contributed by atoms with Gasteiger partial charge in [0.15, 0.2) is 0 Å². The molecule has 1 aromatic carbocycles. The van der Waals surface area contributed by atoms with Gasteiger partial charge in [0.05, 0.1) is 0 Å². The fraction of sp³-hybridized carbons (Fsp3) is 0.538. The van der Waals surface area contributed by atoms with E-state index in [-0.39, 0.29) is 5.82 Å². The van der Waals surface area contributed by atoms with Crippen molar-refractivity contribution in [2.24, 2.45) is 5.92 Å². The summed E-state index contributed by atoms with van der Waals surface area (Å²) >= 11 is 2.01. The Morgan fingerprint density at radius 3 is 2.94 bits per heavy atom. The normalized spacial score (nSPS) is 22.2. The van der Waals surface area contributed by atoms with E-state index in [0.29, 0.717) is 12.0 Å². The highest BCUT2D eigenvalue weighted by atomic mass is 32.2. The second kappa shape index (κ2) is 5.69. The van der Waals surface area contributed by atoms with Gasteiger partial charge in [-0.3, -0.25) is 0 Å². The van der Waals surface area contributed by atoms with Gasteiger partial charge in [-0.2, -0.15) is 11.8 Å². The number of likely N-dealkylation sites (N-methyl/N-ethyl adjacent to an activating group) is 1. The maximum atomic E-state index is 13.5. The molecule has 2 unspecified atom stereocenters. The third kappa shape index (κ3) is 2.77. The van der Waals surface area contributed by atoms with Crippen molar-refractivity contribution in [3.05, 3.63) is 35.6 Å². The summed E-state index contributed by atoms with van der Waals surface area (Å²) in [5.41, 5.74) is 0.832. The van der Waals surface area contributed by atoms with Crippen LogP contribution in [0.5, 0.6) is 0 Å². The largest absolute Gasteiger partial charge is 0.316 e. The van der Waals surface area contributed by atoms with Crippen molar-refractivity contribution in [2.45, 2.75) is 18.9 Å². The third-order valence-corrected chi connectivity index (χ3v) is 4.49. The summed E-state index contributed by atoms with van der Waals surface area (Å²) in [5, 5.41) is 3.34. The van der Waals surface area contributed by atoms with Gasteiger partial charge in [-0.25, -0.2) is 4.39 Å². The smallest absolute Gasteiger partial charge is 0.126 e. The van der Waals surface area contributed by atoms with Crippen molar-refractivity contribution < 1.29 is 4.39 Å². The van der Waals surface area contributed by atoms with E-state index >= 15 is 0 Å². The highest BCUT2D eigenvalue weighted by Crippen LogP contribution is 2.28. The molecule has 3 heteroatoms. The van der Waals surface area contributed by atoms with Gasteiger partial charge in [0, 0.05) is 6.04 Å². The van der Waals surface area contributed by atoms with Crippen molar-refractivity contribution in [2.75, 3.05) is 18.6 Å². The Labute approximate surface area is 101 Å². The van der Waals surface area contributed by atoms with Crippen molar-refractivity contribution in [1.82, 2.24) is 5.32 Å². The molecule has 1 saturated heterocycles. The van der Waals surface area contributed by atoms with Crippen LogP contribution in [0.3, 0.4) is 0 Å². The molecule has 0 radical (unpaired) electrons. The van der Waals surface area contributed by atoms with Gasteiger partial charge in [-0.15, -0.1) is 0 Å². The molecule has 88 valence electrons. The number of benzene rings is 1. The molecule has 1 N–H and O–H groups in total. The van der Waals surface area contributed by atoms with Gasteiger partial charge in [0.25, 0.3) is 0 Å². The summed E-state index contributed by atoms with van der Waals surface area (Å²) in [7, 11) is 1.98. The molecular weight excluding hydrogens is 221 g/mol. The van der Waals surface area contributed by atoms with Crippen LogP contribution in [0.25, 0.3) is 0 Å². The molecule has 0 spiro atoms. The van der Waals surface area contributed by atoms with Crippen molar-refractivity contribution in [3.63, 3.8) is 0 Å². The zero-order valence-corrected chi connectivity index (χ0v) is 10.4. The first-order valence-electron chi connectivity index (χ1n) is 5.79. The fourth-order valence-electron chi connectivity index (χ4n) is 2.28. The summed E-state index contributed by atoms with van der Waals surface area (Å²) in [6, 6.07) is 7.51. The van der Waals surface area contributed by atoms with Crippen LogP contribution in [0.4, 0.5) is 4.39 Å². The minimum Gasteiger partial charge on any atom is -0.316 e. The Kier molecular flexibility index (Phi) is 4.24. The van der Waals surface area contributed by atoms with Crippen molar-refractivity contribution in [1.29, 1.82) is 0 Å². The number of hydrogen-bond acceptors (Lipinski definition) is 2. The Hall–Kier alpha value is -0.540. The zero-order valence-electron chi connectivity index (χ0n) is 9.58. The monoisotopic (exact) mass is 239 g/mol. The van der Waals surface area contributed by atoms with Gasteiger partial charge in [0.1, 0.15) is 5.82 Å². The molecule has 2 atom stereocenters. The Bertz CT molecular complexity index is 336. The second-order valence-corrected chi connectivity index (χ2v) is 5.46. The van der Waals surface area contributed by atoms with Crippen LogP contribution < -0.4 is 5.32 Å². The van der Waals surface area contributed by atoms with E-state index in [4.69, 9.17) is 0 Å². The van der Waals surface area contributed by atoms with Crippen LogP contribution in [0.2, 0.25) is 0 Å². The maximum absolute atomic E-state index is 13.5. The topological polar surface area (TPSA) is 12.0 Å². The first-order chi connectivity index (χ1) is 7.81. The second-order valence-electron chi connectivity index (χ2n) is 4.31. The third-order valence-electron chi connectivity index (χ3n) is 3.30. The summed E-state index contributed by atoms with van der Waals surface area (Å²) in [4.78, 5) is 0. The lowest BCUT2D eigenvalue weighted by Crippen LogP contribution is -2.35. The molecule has 0 amide bonds. The fourth-order valence-corrected chi connectivity index (χ4v) is 3.61. The minimum absolute atomic E-state index is 0.0756. The summed E-state index contributed by atoms with van der Waals surface area (Å²) in [6.07, 6.45) is 2.05. The summed E-state index contributed by atoms with van der Waals surface area (Å²) in [5.74, 6) is 3.07. The van der Waals surface area contributed by atoms with Crippen LogP contribution in [-0.2, 0) is 6.42 Å². The highest BCUT2D eigenvalue weighted by molar-refractivity contribution is 7.99. The molecule has 1 aliphatic rings. The average Bonchev–Trinajstić information content (AvgIpc) is 2.81. The number of rotatable bonds is 4. The molecule has 0 aromatic heterocycles. The van der Waals surface area contributed by atoms with Gasteiger partial charge >= 0.3 is 0 Å². The lowest BCUT2D eigenvalue weighted by Gasteiger charge is -2.22. The molecular formula is C13H18FNS. The molecule has 0 saturated carbocycles. The van der Waals surface area contributed by atoms with E-state index in [1.807, 2.05) is 30.9 Å². The molecule has 2 rings (SSSR count). The van der Waals surface area contributed by atoms with E-state index in [2.05, 4.69) is 5.32 Å². The first kappa shape index (κ1) is 11.9. The number of halogens is 1. The Balaban J connectivity index is 2.03. The van der Waals surface area contributed by atoms with Crippen molar-refractivity contribution in [3.8, 4) is 0 Å². The lowest BCUT2D eigenvalue weighted by atomic mass is 9.93. The average molecular weight is 239 g/mol. The predicted molar refractivity (Wildman–Crippen MR) is 68.4 cm³/mol. The zero-order chi connectivity index (χ0) is 11.4. The summed E-state index contributed by atoms with van der Waals surface area (Å²) in [6.45, 7) is 0. The molecule has 0 bridgehead atoms. The quantitative estimate of drug-likeness (QED) is 0.867. The standard InChI is InChI=1S/C13H18FNS/c1-15-13(11-6-7-16-9-11)8-10-4-2-3-5-12(10)14/h2-5,11,13,15H,6-9H2,1H3. The maximum Gasteiger partial charge on any atom is 0.126 e. The summed E-state index contributed by atoms with van der Waals surface area (Å²) < 4.78 is 13.5. The van der Waals surface area contributed by atoms with Gasteiger partial charge in [-0.05, 0) is 48.9 Å². The van der Waals surface area contributed by atoms with E-state index in [1.54, 1.807) is 12.1 Å². The Morgan fingerprint density at radius 1 is 1.50 bits per heavy atom. The highest BCUT2D eigenvalue weighted by Gasteiger charge is 2.24. The molecule has 1 fully saturated rings. The van der Waals surface area contributed by atoms with Crippen LogP contribution in [0, 0.1) is 11.7 Å². The van der Waals surface area contributed by atoms with Crippen LogP contribution in [0.1, 0.15) is 12.0 Å². The number of hydrogen-bond donors (Lipinski definition) is 1. The first-order valence-corrected chi connectivity index (χ1v) is 6.95.